The van der Waals surface area contributed by atoms with Crippen LogP contribution in [0, 0.1) is 11.3 Å². The molecule has 8 heteroatoms. The summed E-state index contributed by atoms with van der Waals surface area (Å²) >= 11 is 0. The van der Waals surface area contributed by atoms with Gasteiger partial charge in [0.25, 0.3) is 0 Å². The molecule has 4 rings (SSSR count). The average Bonchev–Trinajstić information content (AvgIpc) is 3.03. The van der Waals surface area contributed by atoms with Crippen molar-refractivity contribution in [2.75, 3.05) is 24.5 Å². The summed E-state index contributed by atoms with van der Waals surface area (Å²) in [6.07, 6.45) is 4.09. The summed E-state index contributed by atoms with van der Waals surface area (Å²) in [6.45, 7) is 6.12. The molecule has 0 spiro atoms. The van der Waals surface area contributed by atoms with Gasteiger partial charge in [0, 0.05) is 44.7 Å². The van der Waals surface area contributed by atoms with E-state index in [1.54, 1.807) is 4.90 Å². The van der Waals surface area contributed by atoms with E-state index < -0.39 is 6.09 Å². The maximum Gasteiger partial charge on any atom is 0.407 e. The highest BCUT2D eigenvalue weighted by atomic mass is 16.4. The predicted molar refractivity (Wildman–Crippen MR) is 118 cm³/mol. The van der Waals surface area contributed by atoms with E-state index in [0.717, 1.165) is 35.9 Å². The van der Waals surface area contributed by atoms with Crippen molar-refractivity contribution in [3.8, 4) is 0 Å². The predicted octanol–water partition coefficient (Wildman–Crippen LogP) is 3.58. The number of urea groups is 1. The van der Waals surface area contributed by atoms with Crippen LogP contribution in [0.2, 0.25) is 0 Å². The molecule has 1 aromatic heterocycles. The standard InChI is InChI=1S/C23H30N4O4/c1-23(2,16-6-9-26(10-7-16)22(30)31)13-15-4-5-17-18(12-15)25(3)14-19(17)27-11-8-20(28)24-21(27)29/h4-5,12,14,16H,6-11,13H2,1-3H3,(H,30,31)(H,24,28,29). The SMILES string of the molecule is Cn1cc(N2CCC(=O)NC2=O)c2ccc(CC(C)(C)C3CCN(C(=O)O)CC3)cc21. The van der Waals surface area contributed by atoms with Gasteiger partial charge in [-0.05, 0) is 42.2 Å². The van der Waals surface area contributed by atoms with Gasteiger partial charge in [-0.3, -0.25) is 15.0 Å². The molecular weight excluding hydrogens is 396 g/mol. The first kappa shape index (κ1) is 21.2. The Hall–Kier alpha value is -3.03. The number of hydrogen-bond acceptors (Lipinski definition) is 3. The van der Waals surface area contributed by atoms with Crippen molar-refractivity contribution >= 4 is 34.6 Å². The van der Waals surface area contributed by atoms with Gasteiger partial charge in [0.1, 0.15) is 0 Å². The minimum absolute atomic E-state index is 0.0549. The second kappa shape index (κ2) is 7.90. The Morgan fingerprint density at radius 3 is 2.55 bits per heavy atom. The summed E-state index contributed by atoms with van der Waals surface area (Å²) in [4.78, 5) is 38.1. The van der Waals surface area contributed by atoms with Crippen LogP contribution in [-0.2, 0) is 18.3 Å². The van der Waals surface area contributed by atoms with Crippen molar-refractivity contribution in [2.45, 2.75) is 39.5 Å². The number of benzene rings is 1. The third kappa shape index (κ3) is 4.11. The van der Waals surface area contributed by atoms with Crippen LogP contribution < -0.4 is 10.2 Å². The number of nitrogens with zero attached hydrogens (tertiary/aromatic N) is 3. The molecule has 2 aromatic rings. The van der Waals surface area contributed by atoms with Gasteiger partial charge in [0.2, 0.25) is 5.91 Å². The number of anilines is 1. The highest BCUT2D eigenvalue weighted by Crippen LogP contribution is 2.39. The van der Waals surface area contributed by atoms with Crippen molar-refractivity contribution in [1.29, 1.82) is 0 Å². The fourth-order valence-electron chi connectivity index (χ4n) is 5.05. The zero-order valence-corrected chi connectivity index (χ0v) is 18.4. The Bertz CT molecular complexity index is 1030. The summed E-state index contributed by atoms with van der Waals surface area (Å²) in [5.74, 6) is 0.234. The number of carbonyl (C=O) groups is 3. The van der Waals surface area contributed by atoms with E-state index in [4.69, 9.17) is 0 Å². The van der Waals surface area contributed by atoms with Crippen molar-refractivity contribution in [3.63, 3.8) is 0 Å². The molecule has 0 atom stereocenters. The Kier molecular flexibility index (Phi) is 5.41. The van der Waals surface area contributed by atoms with Gasteiger partial charge in [0.15, 0.2) is 0 Å². The summed E-state index contributed by atoms with van der Waals surface area (Å²) in [5, 5.41) is 12.6. The lowest BCUT2D eigenvalue weighted by molar-refractivity contribution is -0.120. The Morgan fingerprint density at radius 2 is 1.90 bits per heavy atom. The summed E-state index contributed by atoms with van der Waals surface area (Å²) in [7, 11) is 1.97. The number of nitrogens with one attached hydrogen (secondary N) is 1. The van der Waals surface area contributed by atoms with E-state index >= 15 is 0 Å². The van der Waals surface area contributed by atoms with Crippen molar-refractivity contribution in [1.82, 2.24) is 14.8 Å². The van der Waals surface area contributed by atoms with Gasteiger partial charge in [-0.15, -0.1) is 0 Å². The maximum absolute atomic E-state index is 12.3. The molecule has 2 aliphatic heterocycles. The average molecular weight is 427 g/mol. The van der Waals surface area contributed by atoms with Crippen molar-refractivity contribution in [2.24, 2.45) is 18.4 Å². The molecule has 0 saturated carbocycles. The van der Waals surface area contributed by atoms with Crippen molar-refractivity contribution < 1.29 is 19.5 Å². The quantitative estimate of drug-likeness (QED) is 0.781. The zero-order valence-electron chi connectivity index (χ0n) is 18.4. The number of carbonyl (C=O) groups excluding carboxylic acids is 2. The van der Waals surface area contributed by atoms with E-state index in [1.807, 2.05) is 17.8 Å². The highest BCUT2D eigenvalue weighted by molar-refractivity contribution is 6.10. The lowest BCUT2D eigenvalue weighted by Crippen LogP contribution is -2.49. The van der Waals surface area contributed by atoms with Crippen LogP contribution in [0.15, 0.2) is 24.4 Å². The van der Waals surface area contributed by atoms with Crippen LogP contribution in [0.4, 0.5) is 15.3 Å². The number of fused-ring (bicyclic) bond motifs is 1. The summed E-state index contributed by atoms with van der Waals surface area (Å²) < 4.78 is 2.02. The number of likely N-dealkylation sites (tertiary alicyclic amines) is 1. The maximum atomic E-state index is 12.3. The van der Waals surface area contributed by atoms with Gasteiger partial charge in [0.05, 0.1) is 11.2 Å². The molecule has 0 radical (unpaired) electrons. The van der Waals surface area contributed by atoms with Gasteiger partial charge in [-0.1, -0.05) is 26.0 Å². The Balaban J connectivity index is 1.53. The van der Waals surface area contributed by atoms with E-state index in [1.165, 1.54) is 10.5 Å². The topological polar surface area (TPSA) is 94.9 Å². The van der Waals surface area contributed by atoms with Crippen LogP contribution in [0.3, 0.4) is 0 Å². The van der Waals surface area contributed by atoms with E-state index in [9.17, 15) is 19.5 Å². The molecule has 4 amide bonds. The Labute approximate surface area is 181 Å². The monoisotopic (exact) mass is 426 g/mol. The summed E-state index contributed by atoms with van der Waals surface area (Å²) in [5.41, 5.74) is 3.14. The van der Waals surface area contributed by atoms with Crippen molar-refractivity contribution in [3.05, 3.63) is 30.0 Å². The number of aromatic nitrogens is 1. The molecule has 2 aliphatic rings. The second-order valence-electron chi connectivity index (χ2n) is 9.44. The lowest BCUT2D eigenvalue weighted by atomic mass is 9.70. The Morgan fingerprint density at radius 1 is 1.19 bits per heavy atom. The van der Waals surface area contributed by atoms with E-state index in [0.29, 0.717) is 32.0 Å². The number of hydrogen-bond donors (Lipinski definition) is 2. The number of amides is 4. The minimum Gasteiger partial charge on any atom is -0.465 e. The van der Waals surface area contributed by atoms with Crippen LogP contribution >= 0.6 is 0 Å². The number of imide groups is 1. The summed E-state index contributed by atoms with van der Waals surface area (Å²) in [6, 6.07) is 5.99. The number of rotatable bonds is 4. The van der Waals surface area contributed by atoms with Crippen LogP contribution in [0.5, 0.6) is 0 Å². The molecule has 0 bridgehead atoms. The van der Waals surface area contributed by atoms with Gasteiger partial charge < -0.3 is 14.6 Å². The number of aryl methyl sites for hydroxylation is 1. The van der Waals surface area contributed by atoms with E-state index in [-0.39, 0.29) is 17.4 Å². The molecule has 3 heterocycles. The lowest BCUT2D eigenvalue weighted by Gasteiger charge is -2.40. The molecule has 8 nitrogen and oxygen atoms in total. The van der Waals surface area contributed by atoms with Gasteiger partial charge >= 0.3 is 12.1 Å². The molecule has 2 N–H and O–H groups in total. The molecule has 0 unspecified atom stereocenters. The van der Waals surface area contributed by atoms with Gasteiger partial charge in [-0.2, -0.15) is 0 Å². The molecular formula is C23H30N4O4. The number of carboxylic acid groups (broad SMARTS) is 1. The third-order valence-electron chi connectivity index (χ3n) is 6.91. The first-order valence-corrected chi connectivity index (χ1v) is 10.8. The normalized spacial score (nSPS) is 18.5. The van der Waals surface area contributed by atoms with Crippen LogP contribution in [0.1, 0.15) is 38.7 Å². The molecule has 31 heavy (non-hydrogen) atoms. The second-order valence-corrected chi connectivity index (χ2v) is 9.44. The first-order chi connectivity index (χ1) is 14.7. The highest BCUT2D eigenvalue weighted by Gasteiger charge is 2.34. The van der Waals surface area contributed by atoms with Crippen LogP contribution in [0.25, 0.3) is 10.9 Å². The third-order valence-corrected chi connectivity index (χ3v) is 6.91. The minimum atomic E-state index is -0.826. The molecule has 166 valence electrons. The molecule has 1 aromatic carbocycles. The van der Waals surface area contributed by atoms with E-state index in [2.05, 4.69) is 37.4 Å². The van der Waals surface area contributed by atoms with Gasteiger partial charge in [-0.25, -0.2) is 9.59 Å². The smallest absolute Gasteiger partial charge is 0.407 e. The fourth-order valence-corrected chi connectivity index (χ4v) is 5.05. The molecule has 2 fully saturated rings. The number of piperidine rings is 1. The zero-order chi connectivity index (χ0) is 22.3. The molecule has 0 aliphatic carbocycles. The fraction of sp³-hybridized carbons (Fsp3) is 0.522. The van der Waals surface area contributed by atoms with Crippen LogP contribution in [-0.4, -0.2) is 52.2 Å². The molecule has 2 saturated heterocycles. The largest absolute Gasteiger partial charge is 0.465 e. The first-order valence-electron chi connectivity index (χ1n) is 10.8.